The van der Waals surface area contributed by atoms with Crippen molar-refractivity contribution < 1.29 is 4.42 Å². The zero-order chi connectivity index (χ0) is 14.4. The summed E-state index contributed by atoms with van der Waals surface area (Å²) >= 11 is 0. The Morgan fingerprint density at radius 1 is 1.00 bits per heavy atom. The lowest BCUT2D eigenvalue weighted by Gasteiger charge is -2.08. The molecule has 4 aromatic rings. The Morgan fingerprint density at radius 3 is 2.76 bits per heavy atom. The summed E-state index contributed by atoms with van der Waals surface area (Å²) in [6, 6.07) is 12.3. The summed E-state index contributed by atoms with van der Waals surface area (Å²) in [5, 5.41) is 2.13. The molecule has 1 aromatic carbocycles. The lowest BCUT2D eigenvalue weighted by Crippen LogP contribution is -1.90. The van der Waals surface area contributed by atoms with Gasteiger partial charge in [0.15, 0.2) is 5.58 Å². The Labute approximate surface area is 122 Å². The summed E-state index contributed by atoms with van der Waals surface area (Å²) in [5.41, 5.74) is 5.97. The maximum atomic E-state index is 5.62. The van der Waals surface area contributed by atoms with Crippen LogP contribution < -0.4 is 0 Å². The molecule has 0 saturated heterocycles. The molecule has 0 N–H and O–H groups in total. The third-order valence-corrected chi connectivity index (χ3v) is 3.73. The van der Waals surface area contributed by atoms with Gasteiger partial charge < -0.3 is 4.42 Å². The van der Waals surface area contributed by atoms with E-state index in [0.717, 1.165) is 38.8 Å². The van der Waals surface area contributed by atoms with E-state index in [1.54, 1.807) is 6.26 Å². The van der Waals surface area contributed by atoms with Gasteiger partial charge in [0.1, 0.15) is 5.52 Å². The van der Waals surface area contributed by atoms with E-state index in [2.05, 4.69) is 35.1 Å². The first-order valence-electron chi connectivity index (χ1n) is 6.93. The van der Waals surface area contributed by atoms with Gasteiger partial charge in [-0.3, -0.25) is 4.98 Å². The van der Waals surface area contributed by atoms with Gasteiger partial charge in [-0.15, -0.1) is 0 Å². The number of fused-ring (bicyclic) bond motifs is 3. The van der Waals surface area contributed by atoms with Crippen LogP contribution in [0.4, 0.5) is 0 Å². The fraction of sp³-hybridized carbons (Fsp3) is 0.111. The molecule has 3 nitrogen and oxygen atoms in total. The van der Waals surface area contributed by atoms with Crippen molar-refractivity contribution in [3.8, 4) is 11.3 Å². The third kappa shape index (κ3) is 1.89. The average molecular weight is 274 g/mol. The van der Waals surface area contributed by atoms with Crippen LogP contribution in [-0.2, 0) is 0 Å². The van der Waals surface area contributed by atoms with Crippen LogP contribution in [0.1, 0.15) is 11.3 Å². The largest absolute Gasteiger partial charge is 0.462 e. The topological polar surface area (TPSA) is 38.9 Å². The van der Waals surface area contributed by atoms with E-state index in [-0.39, 0.29) is 0 Å². The first kappa shape index (κ1) is 12.1. The minimum Gasteiger partial charge on any atom is -0.462 e. The molecule has 0 aliphatic heterocycles. The number of hydrogen-bond donors (Lipinski definition) is 0. The highest BCUT2D eigenvalue weighted by atomic mass is 16.3. The highest BCUT2D eigenvalue weighted by Crippen LogP contribution is 2.33. The SMILES string of the molecule is Cc1ccnc(-c2cc3ccoc3c3nc(C)ccc23)c1. The number of benzene rings is 1. The second-order valence-corrected chi connectivity index (χ2v) is 5.33. The molecule has 102 valence electrons. The predicted molar refractivity (Wildman–Crippen MR) is 84.2 cm³/mol. The van der Waals surface area contributed by atoms with Crippen LogP contribution in [0.3, 0.4) is 0 Å². The van der Waals surface area contributed by atoms with Crippen LogP contribution in [-0.4, -0.2) is 9.97 Å². The van der Waals surface area contributed by atoms with Crippen molar-refractivity contribution >= 4 is 21.9 Å². The van der Waals surface area contributed by atoms with Crippen LogP contribution in [0.25, 0.3) is 33.1 Å². The molecular weight excluding hydrogens is 260 g/mol. The van der Waals surface area contributed by atoms with E-state index in [0.29, 0.717) is 0 Å². The Bertz CT molecular complexity index is 969. The Balaban J connectivity index is 2.16. The third-order valence-electron chi connectivity index (χ3n) is 3.73. The van der Waals surface area contributed by atoms with Crippen molar-refractivity contribution in [1.29, 1.82) is 0 Å². The predicted octanol–water partition coefficient (Wildman–Crippen LogP) is 4.66. The van der Waals surface area contributed by atoms with Gasteiger partial charge in [0.25, 0.3) is 0 Å². The number of nitrogens with zero attached hydrogens (tertiary/aromatic N) is 2. The molecule has 3 heteroatoms. The smallest absolute Gasteiger partial charge is 0.160 e. The van der Waals surface area contributed by atoms with Gasteiger partial charge >= 0.3 is 0 Å². The average Bonchev–Trinajstić information content (AvgIpc) is 2.95. The van der Waals surface area contributed by atoms with E-state index in [1.807, 2.05) is 31.3 Å². The van der Waals surface area contributed by atoms with E-state index in [1.165, 1.54) is 5.56 Å². The van der Waals surface area contributed by atoms with Gasteiger partial charge in [0, 0.05) is 28.2 Å². The number of aromatic nitrogens is 2. The number of hydrogen-bond acceptors (Lipinski definition) is 3. The first-order valence-corrected chi connectivity index (χ1v) is 6.93. The summed E-state index contributed by atoms with van der Waals surface area (Å²) < 4.78 is 5.62. The van der Waals surface area contributed by atoms with Gasteiger partial charge in [0.2, 0.25) is 0 Å². The molecule has 0 aliphatic rings. The number of pyridine rings is 2. The second-order valence-electron chi connectivity index (χ2n) is 5.33. The number of aryl methyl sites for hydroxylation is 2. The highest BCUT2D eigenvalue weighted by Gasteiger charge is 2.12. The van der Waals surface area contributed by atoms with Crippen molar-refractivity contribution in [2.24, 2.45) is 0 Å². The van der Waals surface area contributed by atoms with Crippen LogP contribution in [0.15, 0.2) is 53.3 Å². The lowest BCUT2D eigenvalue weighted by atomic mass is 10.0. The van der Waals surface area contributed by atoms with Gasteiger partial charge in [-0.05, 0) is 49.7 Å². The maximum absolute atomic E-state index is 5.62. The summed E-state index contributed by atoms with van der Waals surface area (Å²) in [6.07, 6.45) is 3.55. The minimum atomic E-state index is 0.838. The molecule has 4 rings (SSSR count). The number of furan rings is 1. The zero-order valence-corrected chi connectivity index (χ0v) is 11.9. The normalized spacial score (nSPS) is 11.3. The lowest BCUT2D eigenvalue weighted by molar-refractivity contribution is 0.618. The monoisotopic (exact) mass is 274 g/mol. The molecule has 0 spiro atoms. The van der Waals surface area contributed by atoms with Crippen molar-refractivity contribution in [2.75, 3.05) is 0 Å². The number of rotatable bonds is 1. The zero-order valence-electron chi connectivity index (χ0n) is 11.9. The highest BCUT2D eigenvalue weighted by molar-refractivity contribution is 6.09. The van der Waals surface area contributed by atoms with E-state index in [9.17, 15) is 0 Å². The van der Waals surface area contributed by atoms with Crippen LogP contribution in [0, 0.1) is 13.8 Å². The molecule has 0 bridgehead atoms. The molecule has 0 atom stereocenters. The second kappa shape index (κ2) is 4.42. The molecule has 21 heavy (non-hydrogen) atoms. The first-order chi connectivity index (χ1) is 10.2. The summed E-state index contributed by atoms with van der Waals surface area (Å²) in [5.74, 6) is 0. The molecule has 0 amide bonds. The molecule has 0 aliphatic carbocycles. The van der Waals surface area contributed by atoms with Crippen molar-refractivity contribution in [1.82, 2.24) is 9.97 Å². The van der Waals surface area contributed by atoms with Gasteiger partial charge in [-0.2, -0.15) is 0 Å². The Hall–Kier alpha value is -2.68. The minimum absolute atomic E-state index is 0.838. The van der Waals surface area contributed by atoms with Gasteiger partial charge in [-0.1, -0.05) is 6.07 Å². The summed E-state index contributed by atoms with van der Waals surface area (Å²) in [7, 11) is 0. The molecular formula is C18H14N2O. The molecule has 0 fully saturated rings. The van der Waals surface area contributed by atoms with Crippen molar-refractivity contribution in [3.63, 3.8) is 0 Å². The molecule has 3 heterocycles. The van der Waals surface area contributed by atoms with E-state index >= 15 is 0 Å². The van der Waals surface area contributed by atoms with Crippen molar-refractivity contribution in [2.45, 2.75) is 13.8 Å². The maximum Gasteiger partial charge on any atom is 0.160 e. The van der Waals surface area contributed by atoms with Crippen LogP contribution in [0.2, 0.25) is 0 Å². The van der Waals surface area contributed by atoms with Gasteiger partial charge in [-0.25, -0.2) is 4.98 Å². The van der Waals surface area contributed by atoms with Crippen LogP contribution >= 0.6 is 0 Å². The Morgan fingerprint density at radius 2 is 1.90 bits per heavy atom. The van der Waals surface area contributed by atoms with E-state index < -0.39 is 0 Å². The molecule has 3 aromatic heterocycles. The summed E-state index contributed by atoms with van der Waals surface area (Å²) in [4.78, 5) is 9.18. The molecule has 0 unspecified atom stereocenters. The molecule has 0 saturated carbocycles. The van der Waals surface area contributed by atoms with Crippen molar-refractivity contribution in [3.05, 3.63) is 60.1 Å². The molecule has 0 radical (unpaired) electrons. The summed E-state index contributed by atoms with van der Waals surface area (Å²) in [6.45, 7) is 4.07. The Kier molecular flexibility index (Phi) is 2.54. The standard InChI is InChI=1S/C18H14N2O/c1-11-5-7-19-16(9-11)15-10-13-6-8-21-18(13)17-14(15)4-3-12(2)20-17/h3-10H,1-2H3. The fourth-order valence-electron chi connectivity index (χ4n) is 2.70. The van der Waals surface area contributed by atoms with Crippen LogP contribution in [0.5, 0.6) is 0 Å². The quantitative estimate of drug-likeness (QED) is 0.506. The van der Waals surface area contributed by atoms with Gasteiger partial charge in [0.05, 0.1) is 12.0 Å². The fourth-order valence-corrected chi connectivity index (χ4v) is 2.70. The van der Waals surface area contributed by atoms with E-state index in [4.69, 9.17) is 4.42 Å².